The van der Waals surface area contributed by atoms with Gasteiger partial charge in [-0.25, -0.2) is 4.98 Å². The van der Waals surface area contributed by atoms with Crippen LogP contribution in [0.25, 0.3) is 22.2 Å². The summed E-state index contributed by atoms with van der Waals surface area (Å²) in [7, 11) is 3.44. The third-order valence-corrected chi connectivity index (χ3v) is 5.42. The van der Waals surface area contributed by atoms with Gasteiger partial charge in [0.1, 0.15) is 5.82 Å². The molecule has 0 saturated carbocycles. The van der Waals surface area contributed by atoms with Gasteiger partial charge in [0.15, 0.2) is 11.5 Å². The number of aromatic hydroxyl groups is 1. The number of anilines is 2. The zero-order valence-electron chi connectivity index (χ0n) is 17.9. The summed E-state index contributed by atoms with van der Waals surface area (Å²) in [5.41, 5.74) is 5.13. The summed E-state index contributed by atoms with van der Waals surface area (Å²) in [6, 6.07) is 19.7. The van der Waals surface area contributed by atoms with Crippen LogP contribution in [0.3, 0.4) is 0 Å². The van der Waals surface area contributed by atoms with Gasteiger partial charge in [-0.15, -0.1) is 0 Å². The number of phenolic OH excluding ortho intramolecular Hbond substituents is 1. The number of fused-ring (bicyclic) bond motifs is 1. The standard InChI is InChI=1S/C25H23N5O2/c1-29-16-19(14-27-29)21-10-18-13-26-25(28-20-8-9-24(32-2)23(31)11-20)12-22(18)30(21)15-17-6-4-3-5-7-17/h3-14,16,31H,15H2,1-2H3,(H,26,28). The van der Waals surface area contributed by atoms with Crippen molar-refractivity contribution < 1.29 is 9.84 Å². The number of methoxy groups -OCH3 is 1. The van der Waals surface area contributed by atoms with Crippen molar-refractivity contribution in [2.75, 3.05) is 12.4 Å². The minimum absolute atomic E-state index is 0.0740. The van der Waals surface area contributed by atoms with Crippen molar-refractivity contribution in [3.8, 4) is 22.8 Å². The van der Waals surface area contributed by atoms with Crippen LogP contribution in [0.15, 0.2) is 79.3 Å². The van der Waals surface area contributed by atoms with E-state index in [2.05, 4.69) is 50.3 Å². The Balaban J connectivity index is 1.58. The van der Waals surface area contributed by atoms with Gasteiger partial charge in [-0.3, -0.25) is 4.68 Å². The number of rotatable bonds is 6. The fraction of sp³-hybridized carbons (Fsp3) is 0.120. The number of nitrogens with zero attached hydrogens (tertiary/aromatic N) is 4. The van der Waals surface area contributed by atoms with Crippen LogP contribution >= 0.6 is 0 Å². The van der Waals surface area contributed by atoms with Gasteiger partial charge >= 0.3 is 0 Å². The molecule has 32 heavy (non-hydrogen) atoms. The van der Waals surface area contributed by atoms with Crippen LogP contribution < -0.4 is 10.1 Å². The second-order valence-corrected chi connectivity index (χ2v) is 7.64. The predicted octanol–water partition coefficient (Wildman–Crippen LogP) is 4.94. The first-order valence-corrected chi connectivity index (χ1v) is 10.3. The lowest BCUT2D eigenvalue weighted by atomic mass is 10.2. The van der Waals surface area contributed by atoms with Crippen molar-refractivity contribution in [2.45, 2.75) is 6.54 Å². The highest BCUT2D eigenvalue weighted by molar-refractivity contribution is 5.88. The van der Waals surface area contributed by atoms with Crippen molar-refractivity contribution in [3.05, 3.63) is 84.8 Å². The van der Waals surface area contributed by atoms with Crippen LogP contribution in [0.4, 0.5) is 11.5 Å². The number of aryl methyl sites for hydroxylation is 1. The summed E-state index contributed by atoms with van der Waals surface area (Å²) >= 11 is 0. The fourth-order valence-corrected chi connectivity index (χ4v) is 3.87. The molecule has 0 aliphatic carbocycles. The number of ether oxygens (including phenoxy) is 1. The molecule has 0 unspecified atom stereocenters. The highest BCUT2D eigenvalue weighted by Crippen LogP contribution is 2.32. The molecule has 3 aromatic heterocycles. The van der Waals surface area contributed by atoms with E-state index in [9.17, 15) is 5.11 Å². The molecule has 7 nitrogen and oxygen atoms in total. The lowest BCUT2D eigenvalue weighted by Crippen LogP contribution is -2.02. The van der Waals surface area contributed by atoms with Gasteiger partial charge in [-0.1, -0.05) is 30.3 Å². The molecule has 160 valence electrons. The molecule has 3 heterocycles. The van der Waals surface area contributed by atoms with Crippen LogP contribution in [0.1, 0.15) is 5.56 Å². The number of nitrogens with one attached hydrogen (secondary N) is 1. The number of aromatic nitrogens is 4. The minimum Gasteiger partial charge on any atom is -0.504 e. The Bertz CT molecular complexity index is 1390. The second-order valence-electron chi connectivity index (χ2n) is 7.64. The number of benzene rings is 2. The van der Waals surface area contributed by atoms with E-state index in [0.717, 1.165) is 34.4 Å². The van der Waals surface area contributed by atoms with E-state index in [0.29, 0.717) is 11.6 Å². The number of hydrogen-bond donors (Lipinski definition) is 2. The molecule has 5 rings (SSSR count). The molecule has 2 aromatic carbocycles. The Morgan fingerprint density at radius 1 is 1.03 bits per heavy atom. The highest BCUT2D eigenvalue weighted by Gasteiger charge is 2.14. The maximum absolute atomic E-state index is 10.1. The van der Waals surface area contributed by atoms with E-state index in [1.54, 1.807) is 16.8 Å². The summed E-state index contributed by atoms with van der Waals surface area (Å²) < 4.78 is 9.21. The van der Waals surface area contributed by atoms with E-state index < -0.39 is 0 Å². The Labute approximate surface area is 185 Å². The monoisotopic (exact) mass is 425 g/mol. The van der Waals surface area contributed by atoms with E-state index in [1.165, 1.54) is 12.7 Å². The SMILES string of the molecule is COc1ccc(Nc2cc3c(cn2)cc(-c2cnn(C)c2)n3Cc2ccccc2)cc1O. The lowest BCUT2D eigenvalue weighted by molar-refractivity contribution is 0.373. The molecule has 2 N–H and O–H groups in total. The predicted molar refractivity (Wildman–Crippen MR) is 125 cm³/mol. The second kappa shape index (κ2) is 8.11. The van der Waals surface area contributed by atoms with Crippen LogP contribution in [-0.4, -0.2) is 31.5 Å². The molecule has 0 saturated heterocycles. The summed E-state index contributed by atoms with van der Waals surface area (Å²) in [6.45, 7) is 0.724. The zero-order valence-corrected chi connectivity index (χ0v) is 17.9. The van der Waals surface area contributed by atoms with Gasteiger partial charge in [0.05, 0.1) is 24.5 Å². The van der Waals surface area contributed by atoms with Gasteiger partial charge < -0.3 is 19.7 Å². The van der Waals surface area contributed by atoms with E-state index >= 15 is 0 Å². The quantitative estimate of drug-likeness (QED) is 0.403. The molecule has 0 radical (unpaired) electrons. The maximum atomic E-state index is 10.1. The van der Waals surface area contributed by atoms with E-state index in [-0.39, 0.29) is 5.75 Å². The largest absolute Gasteiger partial charge is 0.504 e. The third-order valence-electron chi connectivity index (χ3n) is 5.42. The molecule has 0 atom stereocenters. The van der Waals surface area contributed by atoms with E-state index in [1.807, 2.05) is 43.8 Å². The van der Waals surface area contributed by atoms with Crippen molar-refractivity contribution in [1.82, 2.24) is 19.3 Å². The van der Waals surface area contributed by atoms with Crippen LogP contribution in [0.2, 0.25) is 0 Å². The van der Waals surface area contributed by atoms with Crippen molar-refractivity contribution in [3.63, 3.8) is 0 Å². The summed E-state index contributed by atoms with van der Waals surface area (Å²) in [5, 5.41) is 18.8. The lowest BCUT2D eigenvalue weighted by Gasteiger charge is -2.12. The average Bonchev–Trinajstić information content (AvgIpc) is 3.38. The summed E-state index contributed by atoms with van der Waals surface area (Å²) in [5.74, 6) is 1.19. The summed E-state index contributed by atoms with van der Waals surface area (Å²) in [4.78, 5) is 4.58. The molecule has 0 aliphatic heterocycles. The molecular formula is C25H23N5O2. The van der Waals surface area contributed by atoms with Gasteiger partial charge in [-0.05, 0) is 23.8 Å². The molecule has 0 amide bonds. The van der Waals surface area contributed by atoms with Crippen LogP contribution in [-0.2, 0) is 13.6 Å². The molecule has 5 aromatic rings. The topological polar surface area (TPSA) is 77.1 Å². The molecule has 0 spiro atoms. The molecule has 0 fully saturated rings. The molecule has 0 bridgehead atoms. The number of hydrogen-bond acceptors (Lipinski definition) is 5. The van der Waals surface area contributed by atoms with Crippen LogP contribution in [0.5, 0.6) is 11.5 Å². The normalized spacial score (nSPS) is 11.1. The third kappa shape index (κ3) is 3.76. The van der Waals surface area contributed by atoms with Crippen LogP contribution in [0, 0.1) is 0 Å². The number of pyridine rings is 1. The first-order chi connectivity index (χ1) is 15.6. The number of phenols is 1. The average molecular weight is 425 g/mol. The van der Waals surface area contributed by atoms with Crippen molar-refractivity contribution in [2.24, 2.45) is 7.05 Å². The Hall–Kier alpha value is -4.26. The fourth-order valence-electron chi connectivity index (χ4n) is 3.87. The molecule has 0 aliphatic rings. The first-order valence-electron chi connectivity index (χ1n) is 10.3. The first kappa shape index (κ1) is 19.7. The Kier molecular flexibility index (Phi) is 4.99. The van der Waals surface area contributed by atoms with Crippen molar-refractivity contribution in [1.29, 1.82) is 0 Å². The van der Waals surface area contributed by atoms with E-state index in [4.69, 9.17) is 4.74 Å². The van der Waals surface area contributed by atoms with Crippen molar-refractivity contribution >= 4 is 22.4 Å². The minimum atomic E-state index is 0.0740. The maximum Gasteiger partial charge on any atom is 0.160 e. The summed E-state index contributed by atoms with van der Waals surface area (Å²) in [6.07, 6.45) is 5.76. The Morgan fingerprint density at radius 3 is 2.59 bits per heavy atom. The zero-order chi connectivity index (χ0) is 22.1. The molecule has 7 heteroatoms. The van der Waals surface area contributed by atoms with Gasteiger partial charge in [0.2, 0.25) is 0 Å². The smallest absolute Gasteiger partial charge is 0.160 e. The Morgan fingerprint density at radius 2 is 1.88 bits per heavy atom. The van der Waals surface area contributed by atoms with Gasteiger partial charge in [-0.2, -0.15) is 5.10 Å². The highest BCUT2D eigenvalue weighted by atomic mass is 16.5. The molecular weight excluding hydrogens is 402 g/mol. The van der Waals surface area contributed by atoms with Gasteiger partial charge in [0, 0.05) is 54.8 Å². The van der Waals surface area contributed by atoms with Gasteiger partial charge in [0.25, 0.3) is 0 Å².